The largest absolute Gasteiger partial charge is 0.383 e. The van der Waals surface area contributed by atoms with Crippen LogP contribution in [0.2, 0.25) is 0 Å². The van der Waals surface area contributed by atoms with Crippen LogP contribution in [0.5, 0.6) is 0 Å². The zero-order valence-corrected chi connectivity index (χ0v) is 16.7. The standard InChI is InChI=1S/C22H28N4O2/c1-24(9-10-25-8-4-7-23-25)16-20-14-19-13-17-5-3-6-18(17)15-21(19)26(22(20)27)11-12-28-2/h4,7-8,13-15H,3,5-6,9-12,16H2,1-2H3. The number of aryl methyl sites for hydroxylation is 2. The molecule has 0 fully saturated rings. The lowest BCUT2D eigenvalue weighted by atomic mass is 10.0. The lowest BCUT2D eigenvalue weighted by Crippen LogP contribution is -2.31. The SMILES string of the molecule is COCCn1c(=O)c(CN(C)CCn2cccn2)cc2cc3c(cc21)CCC3. The molecular weight excluding hydrogens is 352 g/mol. The van der Waals surface area contributed by atoms with E-state index in [1.807, 2.05) is 21.5 Å². The van der Waals surface area contributed by atoms with Gasteiger partial charge in [-0.2, -0.15) is 5.10 Å². The third-order valence-electron chi connectivity index (χ3n) is 5.61. The molecule has 0 radical (unpaired) electrons. The Balaban J connectivity index is 1.64. The van der Waals surface area contributed by atoms with Crippen molar-refractivity contribution < 1.29 is 4.74 Å². The van der Waals surface area contributed by atoms with E-state index in [9.17, 15) is 4.79 Å². The molecule has 148 valence electrons. The number of benzene rings is 1. The second kappa shape index (κ2) is 8.29. The van der Waals surface area contributed by atoms with Crippen molar-refractivity contribution in [2.24, 2.45) is 0 Å². The van der Waals surface area contributed by atoms with Crippen molar-refractivity contribution in [2.45, 2.75) is 38.9 Å². The molecule has 0 saturated heterocycles. The molecular formula is C22H28N4O2. The van der Waals surface area contributed by atoms with Crippen LogP contribution in [-0.4, -0.2) is 46.6 Å². The fraction of sp³-hybridized carbons (Fsp3) is 0.455. The van der Waals surface area contributed by atoms with E-state index in [1.165, 1.54) is 17.5 Å². The van der Waals surface area contributed by atoms with E-state index in [2.05, 4.69) is 35.2 Å². The maximum absolute atomic E-state index is 13.2. The van der Waals surface area contributed by atoms with Gasteiger partial charge < -0.3 is 14.2 Å². The Labute approximate surface area is 165 Å². The summed E-state index contributed by atoms with van der Waals surface area (Å²) in [5.41, 5.74) is 4.79. The molecule has 28 heavy (non-hydrogen) atoms. The molecule has 0 bridgehead atoms. The highest BCUT2D eigenvalue weighted by atomic mass is 16.5. The number of aromatic nitrogens is 3. The molecule has 0 aliphatic heterocycles. The molecule has 1 aliphatic carbocycles. The number of ether oxygens (including phenoxy) is 1. The lowest BCUT2D eigenvalue weighted by Gasteiger charge is -2.19. The Kier molecular flexibility index (Phi) is 5.59. The highest BCUT2D eigenvalue weighted by Gasteiger charge is 2.16. The summed E-state index contributed by atoms with van der Waals surface area (Å²) in [6, 6.07) is 8.52. The van der Waals surface area contributed by atoms with Crippen molar-refractivity contribution in [3.8, 4) is 0 Å². The molecule has 0 amide bonds. The number of hydrogen-bond acceptors (Lipinski definition) is 4. The van der Waals surface area contributed by atoms with Crippen molar-refractivity contribution in [1.29, 1.82) is 0 Å². The normalized spacial score (nSPS) is 13.5. The Hall–Kier alpha value is -2.44. The summed E-state index contributed by atoms with van der Waals surface area (Å²) in [5, 5.41) is 5.40. The quantitative estimate of drug-likeness (QED) is 0.602. The predicted octanol–water partition coefficient (Wildman–Crippen LogP) is 2.47. The smallest absolute Gasteiger partial charge is 0.255 e. The molecule has 6 nitrogen and oxygen atoms in total. The Morgan fingerprint density at radius 3 is 2.75 bits per heavy atom. The van der Waals surface area contributed by atoms with E-state index >= 15 is 0 Å². The van der Waals surface area contributed by atoms with Gasteiger partial charge in [0.1, 0.15) is 0 Å². The Bertz CT molecular complexity index is 1010. The first-order valence-electron chi connectivity index (χ1n) is 9.99. The van der Waals surface area contributed by atoms with Crippen LogP contribution in [0.1, 0.15) is 23.1 Å². The zero-order chi connectivity index (χ0) is 19.5. The van der Waals surface area contributed by atoms with Crippen molar-refractivity contribution in [3.63, 3.8) is 0 Å². The van der Waals surface area contributed by atoms with E-state index in [4.69, 9.17) is 4.74 Å². The van der Waals surface area contributed by atoms with Gasteiger partial charge in [0, 0.05) is 44.7 Å². The van der Waals surface area contributed by atoms with Crippen molar-refractivity contribution in [1.82, 2.24) is 19.2 Å². The van der Waals surface area contributed by atoms with E-state index in [-0.39, 0.29) is 5.56 Å². The van der Waals surface area contributed by atoms with Crippen LogP contribution in [-0.2, 0) is 37.2 Å². The fourth-order valence-corrected chi connectivity index (χ4v) is 4.11. The number of nitrogens with zero attached hydrogens (tertiary/aromatic N) is 4. The molecule has 0 saturated carbocycles. The molecule has 0 unspecified atom stereocenters. The van der Waals surface area contributed by atoms with Crippen LogP contribution in [0.15, 0.2) is 41.5 Å². The van der Waals surface area contributed by atoms with Crippen molar-refractivity contribution >= 4 is 10.9 Å². The van der Waals surface area contributed by atoms with E-state index in [0.29, 0.717) is 19.7 Å². The molecule has 6 heteroatoms. The van der Waals surface area contributed by atoms with E-state index in [1.54, 1.807) is 13.3 Å². The first-order valence-corrected chi connectivity index (χ1v) is 9.99. The highest BCUT2D eigenvalue weighted by Crippen LogP contribution is 2.27. The topological polar surface area (TPSA) is 52.3 Å². The first-order chi connectivity index (χ1) is 13.7. The van der Waals surface area contributed by atoms with Gasteiger partial charge in [-0.3, -0.25) is 9.48 Å². The summed E-state index contributed by atoms with van der Waals surface area (Å²) in [6.45, 7) is 3.38. The van der Waals surface area contributed by atoms with Gasteiger partial charge in [0.15, 0.2) is 0 Å². The molecule has 3 aromatic rings. The van der Waals surface area contributed by atoms with Crippen molar-refractivity contribution in [2.75, 3.05) is 27.3 Å². The van der Waals surface area contributed by atoms with Crippen LogP contribution < -0.4 is 5.56 Å². The molecule has 1 aliphatic rings. The molecule has 0 N–H and O–H groups in total. The van der Waals surface area contributed by atoms with Gasteiger partial charge >= 0.3 is 0 Å². The lowest BCUT2D eigenvalue weighted by molar-refractivity contribution is 0.187. The van der Waals surface area contributed by atoms with Crippen LogP contribution in [0.3, 0.4) is 0 Å². The molecule has 2 aromatic heterocycles. The third-order valence-corrected chi connectivity index (χ3v) is 5.61. The van der Waals surface area contributed by atoms with Gasteiger partial charge in [0.2, 0.25) is 0 Å². The second-order valence-corrected chi connectivity index (χ2v) is 7.66. The monoisotopic (exact) mass is 380 g/mol. The average Bonchev–Trinajstić information content (AvgIpc) is 3.36. The molecule has 1 aromatic carbocycles. The van der Waals surface area contributed by atoms with Gasteiger partial charge in [-0.1, -0.05) is 0 Å². The predicted molar refractivity (Wildman–Crippen MR) is 111 cm³/mol. The average molecular weight is 380 g/mol. The maximum atomic E-state index is 13.2. The zero-order valence-electron chi connectivity index (χ0n) is 16.7. The third kappa shape index (κ3) is 3.88. The number of pyridine rings is 1. The van der Waals surface area contributed by atoms with Crippen LogP contribution >= 0.6 is 0 Å². The summed E-state index contributed by atoms with van der Waals surface area (Å²) in [5.74, 6) is 0. The molecule has 2 heterocycles. The minimum Gasteiger partial charge on any atom is -0.383 e. The van der Waals surface area contributed by atoms with Crippen molar-refractivity contribution in [3.05, 3.63) is 63.7 Å². The maximum Gasteiger partial charge on any atom is 0.255 e. The van der Waals surface area contributed by atoms with Gasteiger partial charge in [-0.05, 0) is 67.1 Å². The first kappa shape index (κ1) is 18.9. The molecule has 4 rings (SSSR count). The molecule has 0 spiro atoms. The van der Waals surface area contributed by atoms with E-state index in [0.717, 1.165) is 42.4 Å². The van der Waals surface area contributed by atoms with Gasteiger partial charge in [-0.15, -0.1) is 0 Å². The number of rotatable bonds is 8. The summed E-state index contributed by atoms with van der Waals surface area (Å²) < 4.78 is 9.07. The number of fused-ring (bicyclic) bond motifs is 2. The van der Waals surface area contributed by atoms with Crippen LogP contribution in [0, 0.1) is 0 Å². The second-order valence-electron chi connectivity index (χ2n) is 7.66. The molecule has 0 atom stereocenters. The van der Waals surface area contributed by atoms with Gasteiger partial charge in [0.25, 0.3) is 5.56 Å². The highest BCUT2D eigenvalue weighted by molar-refractivity contribution is 5.82. The minimum absolute atomic E-state index is 0.0911. The summed E-state index contributed by atoms with van der Waals surface area (Å²) >= 11 is 0. The number of methoxy groups -OCH3 is 1. The van der Waals surface area contributed by atoms with Gasteiger partial charge in [0.05, 0.1) is 18.7 Å². The summed E-state index contributed by atoms with van der Waals surface area (Å²) in [6.07, 6.45) is 7.21. The van der Waals surface area contributed by atoms with E-state index < -0.39 is 0 Å². The summed E-state index contributed by atoms with van der Waals surface area (Å²) in [7, 11) is 3.73. The van der Waals surface area contributed by atoms with Crippen LogP contribution in [0.25, 0.3) is 10.9 Å². The fourth-order valence-electron chi connectivity index (χ4n) is 4.11. The minimum atomic E-state index is 0.0911. The number of hydrogen-bond donors (Lipinski definition) is 0. The van der Waals surface area contributed by atoms with Crippen LogP contribution in [0.4, 0.5) is 0 Å². The van der Waals surface area contributed by atoms with Gasteiger partial charge in [-0.25, -0.2) is 0 Å². The summed E-state index contributed by atoms with van der Waals surface area (Å²) in [4.78, 5) is 15.4. The Morgan fingerprint density at radius 1 is 1.18 bits per heavy atom. The number of likely N-dealkylation sites (N-methyl/N-ethyl adjacent to an activating group) is 1. The Morgan fingerprint density at radius 2 is 2.00 bits per heavy atom.